The third kappa shape index (κ3) is 5.11. The highest BCUT2D eigenvalue weighted by Gasteiger charge is 2.32. The number of hydrogen-bond donors (Lipinski definition) is 2. The smallest absolute Gasteiger partial charge is 0.162 e. The Morgan fingerprint density at radius 3 is 2.53 bits per heavy atom. The highest BCUT2D eigenvalue weighted by atomic mass is 32.2. The van der Waals surface area contributed by atoms with Crippen LogP contribution in [0.4, 0.5) is 5.82 Å². The van der Waals surface area contributed by atoms with E-state index in [9.17, 15) is 4.21 Å². The van der Waals surface area contributed by atoms with Gasteiger partial charge in [0.2, 0.25) is 0 Å². The SMILES string of the molecule is C/C(N)=C/C(N)=Nc1nc(Cc2ccc(S(C)=O)cc2)nc(-c2cnn(C)c2)c1C1CC1. The van der Waals surface area contributed by atoms with E-state index >= 15 is 0 Å². The van der Waals surface area contributed by atoms with Gasteiger partial charge in [-0.3, -0.25) is 8.89 Å². The van der Waals surface area contributed by atoms with E-state index in [1.165, 1.54) is 0 Å². The topological polar surface area (TPSA) is 125 Å². The Morgan fingerprint density at radius 1 is 1.25 bits per heavy atom. The van der Waals surface area contributed by atoms with Gasteiger partial charge in [-0.1, -0.05) is 12.1 Å². The summed E-state index contributed by atoms with van der Waals surface area (Å²) < 4.78 is 13.4. The van der Waals surface area contributed by atoms with Crippen molar-refractivity contribution < 1.29 is 4.21 Å². The summed E-state index contributed by atoms with van der Waals surface area (Å²) in [6.07, 6.45) is 9.71. The lowest BCUT2D eigenvalue weighted by atomic mass is 10.0. The molecule has 0 bridgehead atoms. The Bertz CT molecular complexity index is 1220. The predicted molar refractivity (Wildman–Crippen MR) is 127 cm³/mol. The van der Waals surface area contributed by atoms with Crippen molar-refractivity contribution in [2.45, 2.75) is 37.0 Å². The second-order valence-electron chi connectivity index (χ2n) is 8.10. The van der Waals surface area contributed by atoms with Gasteiger partial charge in [0.15, 0.2) is 5.82 Å². The zero-order chi connectivity index (χ0) is 22.8. The molecule has 1 fully saturated rings. The number of nitrogens with zero attached hydrogens (tertiary/aromatic N) is 5. The van der Waals surface area contributed by atoms with Crippen LogP contribution in [0, 0.1) is 0 Å². The standard InChI is InChI=1S/C23H27N7OS/c1-14(24)10-19(25)27-23-21(16-6-7-16)22(17-12-26-30(2)13-17)28-20(29-23)11-15-4-8-18(9-5-15)32(3)31/h4-5,8-10,12-13,16H,6-7,11,24H2,1-3H3,(H2,25,27,28,29)/b14-10-. The van der Waals surface area contributed by atoms with Gasteiger partial charge in [-0.25, -0.2) is 15.0 Å². The Balaban J connectivity index is 1.82. The Labute approximate surface area is 189 Å². The van der Waals surface area contributed by atoms with Crippen LogP contribution >= 0.6 is 0 Å². The van der Waals surface area contributed by atoms with Crippen molar-refractivity contribution >= 4 is 22.5 Å². The van der Waals surface area contributed by atoms with Gasteiger partial charge in [0.25, 0.3) is 0 Å². The van der Waals surface area contributed by atoms with Gasteiger partial charge < -0.3 is 11.5 Å². The monoisotopic (exact) mass is 449 g/mol. The summed E-state index contributed by atoms with van der Waals surface area (Å²) >= 11 is 0. The van der Waals surface area contributed by atoms with Gasteiger partial charge in [-0.15, -0.1) is 0 Å². The van der Waals surface area contributed by atoms with Crippen molar-refractivity contribution in [3.63, 3.8) is 0 Å². The number of amidine groups is 1. The fraction of sp³-hybridized carbons (Fsp3) is 0.304. The first-order chi connectivity index (χ1) is 15.3. The maximum absolute atomic E-state index is 11.7. The fourth-order valence-corrected chi connectivity index (χ4v) is 4.07. The average Bonchev–Trinajstić information content (AvgIpc) is 3.47. The molecule has 0 aliphatic heterocycles. The Hall–Kier alpha value is -3.33. The average molecular weight is 450 g/mol. The summed E-state index contributed by atoms with van der Waals surface area (Å²) in [5.41, 5.74) is 16.3. The molecule has 0 spiro atoms. The molecule has 4 N–H and O–H groups in total. The number of hydrogen-bond acceptors (Lipinski definition) is 6. The van der Waals surface area contributed by atoms with Crippen molar-refractivity contribution in [3.05, 3.63) is 65.4 Å². The summed E-state index contributed by atoms with van der Waals surface area (Å²) in [4.78, 5) is 15.1. The quantitative estimate of drug-likeness (QED) is 0.422. The van der Waals surface area contributed by atoms with Gasteiger partial charge in [0.05, 0.1) is 11.9 Å². The lowest BCUT2D eigenvalue weighted by molar-refractivity contribution is 0.687. The Morgan fingerprint density at radius 2 is 1.97 bits per heavy atom. The molecule has 32 heavy (non-hydrogen) atoms. The lowest BCUT2D eigenvalue weighted by Crippen LogP contribution is -2.11. The predicted octanol–water partition coefficient (Wildman–Crippen LogP) is 2.93. The molecular formula is C23H27N7OS. The first-order valence-corrected chi connectivity index (χ1v) is 12.0. The van der Waals surface area contributed by atoms with Crippen LogP contribution in [0.1, 0.15) is 42.6 Å². The van der Waals surface area contributed by atoms with E-state index in [1.807, 2.05) is 43.7 Å². The number of aryl methyl sites for hydroxylation is 1. The molecule has 1 aliphatic carbocycles. The van der Waals surface area contributed by atoms with Gasteiger partial charge in [0.1, 0.15) is 11.7 Å². The van der Waals surface area contributed by atoms with Crippen LogP contribution in [0.15, 0.2) is 58.3 Å². The number of aliphatic imine (C=N–C) groups is 1. The van der Waals surface area contributed by atoms with Crippen molar-refractivity contribution in [2.24, 2.45) is 23.5 Å². The number of benzene rings is 1. The van der Waals surface area contributed by atoms with E-state index in [0.717, 1.165) is 40.1 Å². The van der Waals surface area contributed by atoms with Crippen LogP contribution in [-0.4, -0.2) is 36.0 Å². The van der Waals surface area contributed by atoms with Crippen LogP contribution < -0.4 is 11.5 Å². The normalized spacial score (nSPS) is 15.7. The van der Waals surface area contributed by atoms with Crippen molar-refractivity contribution in [1.82, 2.24) is 19.7 Å². The minimum Gasteiger partial charge on any atom is -0.402 e. The molecule has 0 radical (unpaired) electrons. The first-order valence-electron chi connectivity index (χ1n) is 10.4. The van der Waals surface area contributed by atoms with Gasteiger partial charge in [-0.2, -0.15) is 5.10 Å². The third-order valence-corrected chi connectivity index (χ3v) is 6.10. The molecule has 9 heteroatoms. The molecule has 3 aromatic rings. The molecule has 2 aromatic heterocycles. The maximum atomic E-state index is 11.7. The lowest BCUT2D eigenvalue weighted by Gasteiger charge is -2.13. The second-order valence-corrected chi connectivity index (χ2v) is 9.48. The maximum Gasteiger partial charge on any atom is 0.162 e. The third-order valence-electron chi connectivity index (χ3n) is 5.16. The van der Waals surface area contributed by atoms with E-state index in [1.54, 1.807) is 23.9 Å². The Kier molecular flexibility index (Phi) is 6.18. The molecule has 1 unspecified atom stereocenters. The van der Waals surface area contributed by atoms with E-state index in [-0.39, 0.29) is 0 Å². The highest BCUT2D eigenvalue weighted by Crippen LogP contribution is 2.47. The van der Waals surface area contributed by atoms with Gasteiger partial charge in [-0.05, 0) is 49.5 Å². The molecule has 1 saturated carbocycles. The van der Waals surface area contributed by atoms with Crippen LogP contribution in [0.2, 0.25) is 0 Å². The molecule has 1 atom stereocenters. The van der Waals surface area contributed by atoms with Crippen LogP contribution in [-0.2, 0) is 24.3 Å². The minimum absolute atomic E-state index is 0.309. The molecule has 1 aromatic carbocycles. The van der Waals surface area contributed by atoms with Crippen molar-refractivity contribution in [3.8, 4) is 11.3 Å². The van der Waals surface area contributed by atoms with E-state index < -0.39 is 10.8 Å². The summed E-state index contributed by atoms with van der Waals surface area (Å²) in [5, 5.41) is 4.32. The van der Waals surface area contributed by atoms with Crippen molar-refractivity contribution in [2.75, 3.05) is 6.26 Å². The summed E-state index contributed by atoms with van der Waals surface area (Å²) in [6.45, 7) is 1.77. The van der Waals surface area contributed by atoms with E-state index in [4.69, 9.17) is 21.4 Å². The molecule has 8 nitrogen and oxygen atoms in total. The molecule has 0 amide bonds. The number of nitrogens with two attached hydrogens (primary N) is 2. The number of allylic oxidation sites excluding steroid dienone is 1. The van der Waals surface area contributed by atoms with E-state index in [2.05, 4.69) is 10.1 Å². The molecule has 166 valence electrons. The minimum atomic E-state index is -1.01. The first kappa shape index (κ1) is 21.9. The van der Waals surface area contributed by atoms with Gasteiger partial charge in [0, 0.05) is 58.4 Å². The van der Waals surface area contributed by atoms with Gasteiger partial charge >= 0.3 is 0 Å². The molecule has 0 saturated heterocycles. The summed E-state index contributed by atoms with van der Waals surface area (Å²) in [7, 11) is 0.868. The number of rotatable bonds is 7. The molecule has 4 rings (SSSR count). The zero-order valence-corrected chi connectivity index (χ0v) is 19.3. The molecule has 2 heterocycles. The summed E-state index contributed by atoms with van der Waals surface area (Å²) in [5.74, 6) is 1.88. The second kappa shape index (κ2) is 9.04. The molecule has 1 aliphatic rings. The van der Waals surface area contributed by atoms with Crippen LogP contribution in [0.3, 0.4) is 0 Å². The fourth-order valence-electron chi connectivity index (χ4n) is 3.55. The zero-order valence-electron chi connectivity index (χ0n) is 18.4. The molecular weight excluding hydrogens is 422 g/mol. The van der Waals surface area contributed by atoms with Crippen molar-refractivity contribution in [1.29, 1.82) is 0 Å². The van der Waals surface area contributed by atoms with Crippen LogP contribution in [0.5, 0.6) is 0 Å². The summed E-state index contributed by atoms with van der Waals surface area (Å²) in [6, 6.07) is 7.66. The van der Waals surface area contributed by atoms with E-state index in [0.29, 0.717) is 35.5 Å². The van der Waals surface area contributed by atoms with Crippen LogP contribution in [0.25, 0.3) is 11.3 Å². The largest absolute Gasteiger partial charge is 0.402 e. The number of aromatic nitrogens is 4. The highest BCUT2D eigenvalue weighted by molar-refractivity contribution is 7.84.